The fraction of sp³-hybridized carbons (Fsp3) is 0.238. The summed E-state index contributed by atoms with van der Waals surface area (Å²) in [4.78, 5) is 32.6. The Bertz CT molecular complexity index is 1070. The molecule has 0 saturated carbocycles. The zero-order valence-electron chi connectivity index (χ0n) is 14.8. The highest BCUT2D eigenvalue weighted by atomic mass is 79.9. The smallest absolute Gasteiger partial charge is 0.328 e. The number of fused-ring (bicyclic) bond motifs is 4. The summed E-state index contributed by atoms with van der Waals surface area (Å²) in [6, 6.07) is 15.2. The van der Waals surface area contributed by atoms with Crippen LogP contribution in [-0.2, 0) is 11.2 Å². The molecule has 1 fully saturated rings. The molecule has 0 radical (unpaired) electrons. The van der Waals surface area contributed by atoms with Crippen LogP contribution in [0.2, 0.25) is 0 Å². The quantitative estimate of drug-likeness (QED) is 0.627. The summed E-state index contributed by atoms with van der Waals surface area (Å²) < 4.78 is 0.981. The first-order chi connectivity index (χ1) is 13.1. The molecule has 0 aliphatic carbocycles. The van der Waals surface area contributed by atoms with Crippen LogP contribution in [0.3, 0.4) is 0 Å². The minimum Gasteiger partial charge on any atom is -0.356 e. The van der Waals surface area contributed by atoms with Gasteiger partial charge in [0, 0.05) is 34.0 Å². The van der Waals surface area contributed by atoms with Gasteiger partial charge >= 0.3 is 6.03 Å². The van der Waals surface area contributed by atoms with Gasteiger partial charge in [0.15, 0.2) is 0 Å². The number of amides is 3. The summed E-state index contributed by atoms with van der Waals surface area (Å²) in [7, 11) is 0. The normalized spacial score (nSPS) is 21.7. The van der Waals surface area contributed by atoms with Crippen molar-refractivity contribution in [2.75, 3.05) is 6.54 Å². The second-order valence-electron chi connectivity index (χ2n) is 7.01. The summed E-state index contributed by atoms with van der Waals surface area (Å²) in [6.45, 7) is 2.24. The zero-order valence-corrected chi connectivity index (χ0v) is 16.4. The number of hydrogen-bond acceptors (Lipinski definition) is 2. The summed E-state index contributed by atoms with van der Waals surface area (Å²) in [5, 5.41) is 1.13. The lowest BCUT2D eigenvalue weighted by atomic mass is 9.89. The van der Waals surface area contributed by atoms with E-state index in [-0.39, 0.29) is 18.0 Å². The minimum absolute atomic E-state index is 0.0967. The SMILES string of the molecule is CCN1C(=O)[C@@H]2Cc3c([nH]c4ccccc34)[C@@H](c3ccc(Br)cc3)N2C1=O. The molecule has 1 N–H and O–H groups in total. The monoisotopic (exact) mass is 423 g/mol. The molecule has 0 bridgehead atoms. The highest BCUT2D eigenvalue weighted by molar-refractivity contribution is 9.10. The molecule has 2 aromatic carbocycles. The molecular formula is C21H18BrN3O2. The van der Waals surface area contributed by atoms with Crippen molar-refractivity contribution in [2.45, 2.75) is 25.4 Å². The number of carbonyl (C=O) groups excluding carboxylic acids is 2. The lowest BCUT2D eigenvalue weighted by molar-refractivity contribution is -0.128. The number of H-pyrrole nitrogens is 1. The van der Waals surface area contributed by atoms with Gasteiger partial charge in [0.1, 0.15) is 12.1 Å². The first-order valence-electron chi connectivity index (χ1n) is 9.08. The summed E-state index contributed by atoms with van der Waals surface area (Å²) in [5.74, 6) is -0.0967. The Hall–Kier alpha value is -2.60. The lowest BCUT2D eigenvalue weighted by Gasteiger charge is -2.36. The largest absolute Gasteiger partial charge is 0.356 e. The lowest BCUT2D eigenvalue weighted by Crippen LogP contribution is -2.44. The van der Waals surface area contributed by atoms with Crippen molar-refractivity contribution in [1.29, 1.82) is 0 Å². The van der Waals surface area contributed by atoms with Gasteiger partial charge in [0.2, 0.25) is 0 Å². The molecule has 2 atom stereocenters. The molecule has 1 saturated heterocycles. The average molecular weight is 424 g/mol. The Morgan fingerprint density at radius 3 is 2.59 bits per heavy atom. The van der Waals surface area contributed by atoms with Gasteiger partial charge in [0.05, 0.1) is 0 Å². The third-order valence-electron chi connectivity index (χ3n) is 5.64. The predicted octanol–water partition coefficient (Wildman–Crippen LogP) is 4.23. The van der Waals surface area contributed by atoms with Crippen molar-refractivity contribution < 1.29 is 9.59 Å². The van der Waals surface area contributed by atoms with Crippen LogP contribution in [0.25, 0.3) is 10.9 Å². The van der Waals surface area contributed by atoms with Gasteiger partial charge < -0.3 is 4.98 Å². The number of aromatic amines is 1. The second-order valence-corrected chi connectivity index (χ2v) is 7.92. The minimum atomic E-state index is -0.446. The molecule has 27 heavy (non-hydrogen) atoms. The Morgan fingerprint density at radius 1 is 1.11 bits per heavy atom. The van der Waals surface area contributed by atoms with Crippen molar-refractivity contribution in [3.63, 3.8) is 0 Å². The Kier molecular flexibility index (Phi) is 3.65. The topological polar surface area (TPSA) is 56.4 Å². The van der Waals surface area contributed by atoms with E-state index >= 15 is 0 Å². The van der Waals surface area contributed by atoms with E-state index in [1.54, 1.807) is 4.90 Å². The van der Waals surface area contributed by atoms with E-state index in [4.69, 9.17) is 0 Å². The van der Waals surface area contributed by atoms with Crippen LogP contribution in [0.15, 0.2) is 53.0 Å². The van der Waals surface area contributed by atoms with Crippen LogP contribution in [0.5, 0.6) is 0 Å². The average Bonchev–Trinajstić information content (AvgIpc) is 3.16. The number of halogens is 1. The molecule has 6 heteroatoms. The summed E-state index contributed by atoms with van der Waals surface area (Å²) >= 11 is 3.48. The van der Waals surface area contributed by atoms with Crippen LogP contribution < -0.4 is 0 Å². The Morgan fingerprint density at radius 2 is 1.85 bits per heavy atom. The first kappa shape index (κ1) is 16.6. The molecule has 5 rings (SSSR count). The number of benzene rings is 2. The number of para-hydroxylation sites is 1. The molecule has 3 aromatic rings. The summed E-state index contributed by atoms with van der Waals surface area (Å²) in [5.41, 5.74) is 4.18. The molecule has 0 unspecified atom stereocenters. The van der Waals surface area contributed by atoms with E-state index in [2.05, 4.69) is 27.0 Å². The van der Waals surface area contributed by atoms with Gasteiger partial charge in [-0.25, -0.2) is 4.79 Å². The van der Waals surface area contributed by atoms with Gasteiger partial charge in [-0.2, -0.15) is 0 Å². The first-order valence-corrected chi connectivity index (χ1v) is 9.88. The molecule has 0 spiro atoms. The van der Waals surface area contributed by atoms with E-state index in [0.29, 0.717) is 13.0 Å². The van der Waals surface area contributed by atoms with Gasteiger partial charge in [-0.05, 0) is 36.2 Å². The summed E-state index contributed by atoms with van der Waals surface area (Å²) in [6.07, 6.45) is 0.549. The fourth-order valence-electron chi connectivity index (χ4n) is 4.41. The highest BCUT2D eigenvalue weighted by Gasteiger charge is 2.51. The van der Waals surface area contributed by atoms with Crippen LogP contribution in [0.4, 0.5) is 4.79 Å². The van der Waals surface area contributed by atoms with E-state index < -0.39 is 6.04 Å². The number of imide groups is 1. The number of nitrogens with one attached hydrogen (secondary N) is 1. The van der Waals surface area contributed by atoms with Gasteiger partial charge in [0.25, 0.3) is 5.91 Å². The van der Waals surface area contributed by atoms with Crippen LogP contribution in [0, 0.1) is 0 Å². The molecule has 2 aliphatic rings. The number of carbonyl (C=O) groups is 2. The number of urea groups is 1. The predicted molar refractivity (Wildman–Crippen MR) is 106 cm³/mol. The Balaban J connectivity index is 1.75. The fourth-order valence-corrected chi connectivity index (χ4v) is 4.68. The van der Waals surface area contributed by atoms with E-state index in [9.17, 15) is 9.59 Å². The van der Waals surface area contributed by atoms with Crippen LogP contribution >= 0.6 is 15.9 Å². The molecule has 3 amide bonds. The third kappa shape index (κ3) is 2.29. The second kappa shape index (κ2) is 5.96. The van der Waals surface area contributed by atoms with Crippen molar-refractivity contribution in [2.24, 2.45) is 0 Å². The van der Waals surface area contributed by atoms with E-state index in [1.807, 2.05) is 49.4 Å². The number of aromatic nitrogens is 1. The van der Waals surface area contributed by atoms with Crippen LogP contribution in [0.1, 0.15) is 29.8 Å². The van der Waals surface area contributed by atoms with E-state index in [1.165, 1.54) is 4.90 Å². The number of rotatable bonds is 2. The number of nitrogens with zero attached hydrogens (tertiary/aromatic N) is 2. The van der Waals surface area contributed by atoms with Crippen molar-refractivity contribution in [3.8, 4) is 0 Å². The van der Waals surface area contributed by atoms with Gasteiger partial charge in [-0.1, -0.05) is 46.3 Å². The van der Waals surface area contributed by atoms with Gasteiger partial charge in [-0.3, -0.25) is 14.6 Å². The zero-order chi connectivity index (χ0) is 18.7. The standard InChI is InChI=1S/C21H18BrN3O2/c1-2-24-20(26)17-11-15-14-5-3-4-6-16(14)23-18(15)19(25(17)21(24)27)12-7-9-13(22)10-8-12/h3-10,17,19,23H,2,11H2,1H3/t17-,19+/m0/s1. The van der Waals surface area contributed by atoms with Crippen molar-refractivity contribution in [1.82, 2.24) is 14.8 Å². The number of likely N-dealkylation sites (N-methyl/N-ethyl adjacent to an activating group) is 1. The van der Waals surface area contributed by atoms with Gasteiger partial charge in [-0.15, -0.1) is 0 Å². The van der Waals surface area contributed by atoms with E-state index in [0.717, 1.165) is 32.2 Å². The highest BCUT2D eigenvalue weighted by Crippen LogP contribution is 2.44. The maximum absolute atomic E-state index is 13.1. The molecule has 2 aliphatic heterocycles. The third-order valence-corrected chi connectivity index (χ3v) is 6.17. The molecule has 136 valence electrons. The molecule has 5 nitrogen and oxygen atoms in total. The Labute approximate surface area is 165 Å². The van der Waals surface area contributed by atoms with Crippen molar-refractivity contribution in [3.05, 3.63) is 69.8 Å². The molecule has 3 heterocycles. The van der Waals surface area contributed by atoms with Crippen LogP contribution in [-0.4, -0.2) is 39.3 Å². The maximum Gasteiger partial charge on any atom is 0.328 e. The molecular weight excluding hydrogens is 406 g/mol. The number of hydrogen-bond donors (Lipinski definition) is 1. The molecule has 1 aromatic heterocycles. The van der Waals surface area contributed by atoms with Crippen molar-refractivity contribution >= 4 is 38.8 Å². The maximum atomic E-state index is 13.1.